The molecule has 1 aliphatic rings. The number of piperidine rings is 1. The molecule has 0 aliphatic carbocycles. The Morgan fingerprint density at radius 2 is 1.69 bits per heavy atom. The largest absolute Gasteiger partial charge is 0.493 e. The Morgan fingerprint density at radius 1 is 1.03 bits per heavy atom. The molecule has 2 amide bonds. The van der Waals surface area contributed by atoms with Crippen molar-refractivity contribution in [3.63, 3.8) is 0 Å². The van der Waals surface area contributed by atoms with Crippen LogP contribution in [0.4, 0.5) is 0 Å². The van der Waals surface area contributed by atoms with Crippen LogP contribution in [-0.2, 0) is 4.79 Å². The number of benzene rings is 2. The Hall–Kier alpha value is -3.35. The summed E-state index contributed by atoms with van der Waals surface area (Å²) in [6.07, 6.45) is 2.85. The Kier molecular flexibility index (Phi) is 7.87. The molecule has 1 heterocycles. The number of ether oxygens (including phenoxy) is 2. The number of hydrogen-bond acceptors (Lipinski definition) is 5. The molecular formula is C25H31N3O4. The monoisotopic (exact) mass is 437 g/mol. The van der Waals surface area contributed by atoms with Gasteiger partial charge in [0.25, 0.3) is 5.91 Å². The number of carbonyl (C=O) groups is 2. The van der Waals surface area contributed by atoms with Gasteiger partial charge in [0.15, 0.2) is 11.5 Å². The van der Waals surface area contributed by atoms with E-state index in [9.17, 15) is 9.59 Å². The summed E-state index contributed by atoms with van der Waals surface area (Å²) in [5.41, 5.74) is 5.38. The van der Waals surface area contributed by atoms with Crippen LogP contribution in [0, 0.1) is 5.92 Å². The van der Waals surface area contributed by atoms with Crippen molar-refractivity contribution in [2.24, 2.45) is 11.0 Å². The molecule has 0 unspecified atom stereocenters. The van der Waals surface area contributed by atoms with Gasteiger partial charge in [-0.05, 0) is 48.1 Å². The summed E-state index contributed by atoms with van der Waals surface area (Å²) in [4.78, 5) is 27.1. The lowest BCUT2D eigenvalue weighted by Crippen LogP contribution is -2.42. The van der Waals surface area contributed by atoms with Gasteiger partial charge in [-0.15, -0.1) is 0 Å². The summed E-state index contributed by atoms with van der Waals surface area (Å²) in [5.74, 6) is 1.22. The maximum absolute atomic E-state index is 12.8. The van der Waals surface area contributed by atoms with Crippen LogP contribution in [0.25, 0.3) is 0 Å². The maximum atomic E-state index is 12.8. The van der Waals surface area contributed by atoms with Gasteiger partial charge in [0, 0.05) is 24.6 Å². The highest BCUT2D eigenvalue weighted by Gasteiger charge is 2.28. The lowest BCUT2D eigenvalue weighted by atomic mass is 9.95. The molecule has 7 heteroatoms. The van der Waals surface area contributed by atoms with Gasteiger partial charge in [0.05, 0.1) is 20.4 Å². The molecule has 1 saturated heterocycles. The Labute approximate surface area is 189 Å². The topological polar surface area (TPSA) is 80.2 Å². The lowest BCUT2D eigenvalue weighted by molar-refractivity contribution is -0.126. The third-order valence-corrected chi connectivity index (χ3v) is 5.77. The predicted octanol–water partition coefficient (Wildman–Crippen LogP) is 3.83. The molecule has 1 fully saturated rings. The molecule has 0 bridgehead atoms. The molecule has 3 rings (SSSR count). The van der Waals surface area contributed by atoms with Crippen molar-refractivity contribution < 1.29 is 19.1 Å². The van der Waals surface area contributed by atoms with E-state index in [-0.39, 0.29) is 17.7 Å². The zero-order chi connectivity index (χ0) is 23.1. The van der Waals surface area contributed by atoms with Gasteiger partial charge in [-0.3, -0.25) is 9.59 Å². The van der Waals surface area contributed by atoms with Gasteiger partial charge in [-0.1, -0.05) is 38.1 Å². The second-order valence-corrected chi connectivity index (χ2v) is 8.19. The number of nitrogens with one attached hydrogen (secondary N) is 1. The molecule has 0 atom stereocenters. The number of hydrogen-bond donors (Lipinski definition) is 1. The molecule has 2 aromatic rings. The zero-order valence-corrected chi connectivity index (χ0v) is 19.1. The first-order valence-corrected chi connectivity index (χ1v) is 10.9. The van der Waals surface area contributed by atoms with Crippen LogP contribution in [0.1, 0.15) is 54.1 Å². The summed E-state index contributed by atoms with van der Waals surface area (Å²) in [6, 6.07) is 13.2. The van der Waals surface area contributed by atoms with Crippen LogP contribution in [0.15, 0.2) is 47.6 Å². The van der Waals surface area contributed by atoms with Gasteiger partial charge in [-0.25, -0.2) is 5.43 Å². The molecule has 0 saturated carbocycles. The van der Waals surface area contributed by atoms with Crippen molar-refractivity contribution in [1.82, 2.24) is 10.3 Å². The summed E-state index contributed by atoms with van der Waals surface area (Å²) >= 11 is 0. The fraction of sp³-hybridized carbons (Fsp3) is 0.400. The number of methoxy groups -OCH3 is 2. The van der Waals surface area contributed by atoms with E-state index < -0.39 is 0 Å². The number of rotatable bonds is 7. The fourth-order valence-corrected chi connectivity index (χ4v) is 3.73. The standard InChI is InChI=1S/C25H31N3O4/c1-17(2)19-7-5-18(6-8-19)16-26-27-24(29)20-11-13-28(14-12-20)25(30)21-9-10-22(31-3)23(15-21)32-4/h5-10,15-17,20H,11-14H2,1-4H3,(H,27,29)/b26-16-. The lowest BCUT2D eigenvalue weighted by Gasteiger charge is -2.31. The van der Waals surface area contributed by atoms with Gasteiger partial charge < -0.3 is 14.4 Å². The van der Waals surface area contributed by atoms with Crippen molar-refractivity contribution in [3.05, 3.63) is 59.2 Å². The molecule has 1 N–H and O–H groups in total. The van der Waals surface area contributed by atoms with E-state index in [1.165, 1.54) is 5.56 Å². The van der Waals surface area contributed by atoms with Gasteiger partial charge in [0.1, 0.15) is 0 Å². The van der Waals surface area contributed by atoms with Crippen LogP contribution in [0.3, 0.4) is 0 Å². The summed E-state index contributed by atoms with van der Waals surface area (Å²) in [7, 11) is 3.10. The van der Waals surface area contributed by atoms with E-state index in [1.54, 1.807) is 43.5 Å². The van der Waals surface area contributed by atoms with Crippen molar-refractivity contribution in [2.45, 2.75) is 32.6 Å². The highest BCUT2D eigenvalue weighted by molar-refractivity contribution is 5.95. The second-order valence-electron chi connectivity index (χ2n) is 8.19. The van der Waals surface area contributed by atoms with Crippen LogP contribution < -0.4 is 14.9 Å². The van der Waals surface area contributed by atoms with Gasteiger partial charge in [0.2, 0.25) is 5.91 Å². The molecule has 1 aliphatic heterocycles. The first-order chi connectivity index (χ1) is 15.4. The first-order valence-electron chi connectivity index (χ1n) is 10.9. The molecule has 0 radical (unpaired) electrons. The van der Waals surface area contributed by atoms with Crippen molar-refractivity contribution in [1.29, 1.82) is 0 Å². The fourth-order valence-electron chi connectivity index (χ4n) is 3.73. The Morgan fingerprint density at radius 3 is 2.28 bits per heavy atom. The summed E-state index contributed by atoms with van der Waals surface area (Å²) in [5, 5.41) is 4.10. The number of nitrogens with zero attached hydrogens (tertiary/aromatic N) is 2. The van der Waals surface area contributed by atoms with Gasteiger partial charge in [-0.2, -0.15) is 5.10 Å². The molecular weight excluding hydrogens is 406 g/mol. The molecule has 0 spiro atoms. The van der Waals surface area contributed by atoms with E-state index >= 15 is 0 Å². The molecule has 7 nitrogen and oxygen atoms in total. The van der Waals surface area contributed by atoms with Crippen molar-refractivity contribution in [3.8, 4) is 11.5 Å². The van der Waals surface area contributed by atoms with Crippen LogP contribution in [0.2, 0.25) is 0 Å². The summed E-state index contributed by atoms with van der Waals surface area (Å²) < 4.78 is 10.5. The van der Waals surface area contributed by atoms with Crippen LogP contribution in [0.5, 0.6) is 11.5 Å². The highest BCUT2D eigenvalue weighted by atomic mass is 16.5. The molecule has 170 valence electrons. The van der Waals surface area contributed by atoms with Crippen LogP contribution in [-0.4, -0.2) is 50.2 Å². The Bertz CT molecular complexity index is 962. The van der Waals surface area contributed by atoms with E-state index in [2.05, 4.69) is 36.5 Å². The minimum absolute atomic E-state index is 0.0762. The number of hydrazone groups is 1. The minimum Gasteiger partial charge on any atom is -0.493 e. The van der Waals surface area contributed by atoms with E-state index in [0.717, 1.165) is 5.56 Å². The number of likely N-dealkylation sites (tertiary alicyclic amines) is 1. The molecule has 2 aromatic carbocycles. The average Bonchev–Trinajstić information content (AvgIpc) is 2.83. The van der Waals surface area contributed by atoms with Gasteiger partial charge >= 0.3 is 0 Å². The number of carbonyl (C=O) groups excluding carboxylic acids is 2. The minimum atomic E-state index is -0.162. The van der Waals surface area contributed by atoms with Crippen molar-refractivity contribution in [2.75, 3.05) is 27.3 Å². The third-order valence-electron chi connectivity index (χ3n) is 5.77. The SMILES string of the molecule is COc1ccc(C(=O)N2CCC(C(=O)N/N=C\c3ccc(C(C)C)cc3)CC2)cc1OC. The van der Waals surface area contributed by atoms with Crippen molar-refractivity contribution >= 4 is 18.0 Å². The number of amides is 2. The first kappa shape index (κ1) is 23.3. The van der Waals surface area contributed by atoms with Crippen LogP contribution >= 0.6 is 0 Å². The Balaban J connectivity index is 1.50. The highest BCUT2D eigenvalue weighted by Crippen LogP contribution is 2.29. The zero-order valence-electron chi connectivity index (χ0n) is 19.1. The normalized spacial score (nSPS) is 14.6. The third kappa shape index (κ3) is 5.66. The maximum Gasteiger partial charge on any atom is 0.253 e. The van der Waals surface area contributed by atoms with E-state index in [1.807, 2.05) is 12.1 Å². The van der Waals surface area contributed by atoms with E-state index in [0.29, 0.717) is 48.9 Å². The molecule has 0 aromatic heterocycles. The van der Waals surface area contributed by atoms with E-state index in [4.69, 9.17) is 9.47 Å². The second kappa shape index (κ2) is 10.8. The average molecular weight is 438 g/mol. The molecule has 32 heavy (non-hydrogen) atoms. The summed E-state index contributed by atoms with van der Waals surface area (Å²) in [6.45, 7) is 5.34. The quantitative estimate of drug-likeness (QED) is 0.527. The smallest absolute Gasteiger partial charge is 0.253 e. The predicted molar refractivity (Wildman–Crippen MR) is 124 cm³/mol.